The molecule has 2 aromatic rings. The van der Waals surface area contributed by atoms with Gasteiger partial charge in [0.1, 0.15) is 17.8 Å². The lowest BCUT2D eigenvalue weighted by Crippen LogP contribution is -2.45. The first-order chi connectivity index (χ1) is 14.7. The molecule has 1 aliphatic heterocycles. The third-order valence-corrected chi connectivity index (χ3v) is 5.58. The van der Waals surface area contributed by atoms with E-state index in [4.69, 9.17) is 4.74 Å². The largest absolute Gasteiger partial charge is 0.497 e. The molecule has 0 spiro atoms. The molecule has 1 saturated heterocycles. The summed E-state index contributed by atoms with van der Waals surface area (Å²) in [7, 11) is 1.61. The lowest BCUT2D eigenvalue weighted by Gasteiger charge is -2.21. The summed E-state index contributed by atoms with van der Waals surface area (Å²) >= 11 is 0. The van der Waals surface area contributed by atoms with E-state index < -0.39 is 23.4 Å². The summed E-state index contributed by atoms with van der Waals surface area (Å²) in [5.74, 6) is 0.195. The Morgan fingerprint density at radius 1 is 1.13 bits per heavy atom. The minimum Gasteiger partial charge on any atom is -0.497 e. The minimum atomic E-state index is -1.05. The number of nitrogens with one attached hydrogen (secondary N) is 2. The molecule has 2 aromatic carbocycles. The van der Waals surface area contributed by atoms with E-state index in [-0.39, 0.29) is 12.5 Å². The van der Waals surface area contributed by atoms with Crippen molar-refractivity contribution in [1.82, 2.24) is 10.2 Å². The predicted molar refractivity (Wildman–Crippen MR) is 119 cm³/mol. The number of methoxy groups -OCH3 is 1. The molecule has 2 N–H and O–H groups in total. The average molecular weight is 424 g/mol. The van der Waals surface area contributed by atoms with Gasteiger partial charge in [-0.05, 0) is 55.0 Å². The highest BCUT2D eigenvalue weighted by molar-refractivity contribution is 6.10. The Bertz CT molecular complexity index is 971. The Morgan fingerprint density at radius 2 is 1.81 bits per heavy atom. The maximum Gasteiger partial charge on any atom is 0.325 e. The number of para-hydroxylation sites is 1. The van der Waals surface area contributed by atoms with Crippen molar-refractivity contribution in [2.45, 2.75) is 45.1 Å². The molecule has 164 valence electrons. The van der Waals surface area contributed by atoms with Crippen LogP contribution in [0.25, 0.3) is 0 Å². The number of amides is 4. The molecule has 1 heterocycles. The third-order valence-electron chi connectivity index (χ3n) is 5.58. The first-order valence-corrected chi connectivity index (χ1v) is 10.4. The van der Waals surface area contributed by atoms with Crippen molar-refractivity contribution in [2.24, 2.45) is 0 Å². The smallest absolute Gasteiger partial charge is 0.325 e. The second-order valence-corrected chi connectivity index (χ2v) is 8.29. The van der Waals surface area contributed by atoms with Crippen molar-refractivity contribution in [3.05, 3.63) is 59.7 Å². The summed E-state index contributed by atoms with van der Waals surface area (Å²) in [6, 6.07) is 14.6. The number of carbonyl (C=O) groups is 3. The van der Waals surface area contributed by atoms with Gasteiger partial charge in [0, 0.05) is 5.69 Å². The molecule has 31 heavy (non-hydrogen) atoms. The first kappa shape index (κ1) is 22.3. The second-order valence-electron chi connectivity index (χ2n) is 8.29. The molecular formula is C24H29N3O4. The second kappa shape index (κ2) is 9.20. The fourth-order valence-electron chi connectivity index (χ4n) is 3.69. The van der Waals surface area contributed by atoms with Crippen LogP contribution in [0.4, 0.5) is 10.5 Å². The predicted octanol–water partition coefficient (Wildman–Crippen LogP) is 3.70. The topological polar surface area (TPSA) is 87.7 Å². The van der Waals surface area contributed by atoms with Gasteiger partial charge in [-0.3, -0.25) is 14.5 Å². The van der Waals surface area contributed by atoms with Gasteiger partial charge in [0.15, 0.2) is 0 Å². The number of ether oxygens (including phenoxy) is 1. The molecule has 0 unspecified atom stereocenters. The molecule has 0 radical (unpaired) electrons. The number of rotatable bonds is 8. The maximum absolute atomic E-state index is 13.0. The van der Waals surface area contributed by atoms with E-state index in [1.165, 1.54) is 0 Å². The lowest BCUT2D eigenvalue weighted by molar-refractivity contribution is -0.133. The van der Waals surface area contributed by atoms with Crippen LogP contribution in [-0.2, 0) is 16.0 Å². The monoisotopic (exact) mass is 423 g/mol. The number of aryl methyl sites for hydroxylation is 1. The van der Waals surface area contributed by atoms with Crippen LogP contribution < -0.4 is 15.4 Å². The number of hydrogen-bond acceptors (Lipinski definition) is 4. The van der Waals surface area contributed by atoms with Crippen LogP contribution in [0.2, 0.25) is 0 Å². The quantitative estimate of drug-likeness (QED) is 0.634. The van der Waals surface area contributed by atoms with Crippen molar-refractivity contribution in [3.8, 4) is 5.75 Å². The molecule has 1 aliphatic rings. The Hall–Kier alpha value is -3.35. The van der Waals surface area contributed by atoms with E-state index in [0.29, 0.717) is 18.5 Å². The van der Waals surface area contributed by atoms with Gasteiger partial charge in [-0.2, -0.15) is 0 Å². The van der Waals surface area contributed by atoms with Gasteiger partial charge in [0.25, 0.3) is 5.91 Å². The summed E-state index contributed by atoms with van der Waals surface area (Å²) in [6.45, 7) is 5.45. The van der Waals surface area contributed by atoms with Crippen LogP contribution in [0.5, 0.6) is 5.75 Å². The standard InChI is InChI=1S/C24H29N3O4/c1-16(2)19-7-5-6-8-20(19)25-21(28)15-27-22(29)24(3,26-23(27)30)14-13-17-9-11-18(31-4)12-10-17/h5-12,16H,13-15H2,1-4H3,(H,25,28)(H,26,30)/t24-/m1/s1. The van der Waals surface area contributed by atoms with Crippen molar-refractivity contribution in [3.63, 3.8) is 0 Å². The van der Waals surface area contributed by atoms with Gasteiger partial charge < -0.3 is 15.4 Å². The number of imide groups is 1. The third kappa shape index (κ3) is 5.05. The lowest BCUT2D eigenvalue weighted by atomic mass is 9.93. The summed E-state index contributed by atoms with van der Waals surface area (Å²) in [5, 5.41) is 5.59. The van der Waals surface area contributed by atoms with Crippen molar-refractivity contribution in [2.75, 3.05) is 19.0 Å². The molecule has 7 nitrogen and oxygen atoms in total. The summed E-state index contributed by atoms with van der Waals surface area (Å²) < 4.78 is 5.16. The zero-order valence-corrected chi connectivity index (χ0v) is 18.4. The van der Waals surface area contributed by atoms with Crippen LogP contribution in [0.15, 0.2) is 48.5 Å². The average Bonchev–Trinajstić information content (AvgIpc) is 2.96. The molecule has 4 amide bonds. The Labute approximate surface area is 182 Å². The number of hydrogen-bond donors (Lipinski definition) is 2. The molecule has 7 heteroatoms. The van der Waals surface area contributed by atoms with E-state index in [0.717, 1.165) is 21.8 Å². The van der Waals surface area contributed by atoms with E-state index in [1.54, 1.807) is 14.0 Å². The van der Waals surface area contributed by atoms with Crippen LogP contribution >= 0.6 is 0 Å². The van der Waals surface area contributed by atoms with Gasteiger partial charge in [-0.25, -0.2) is 4.79 Å². The Balaban J connectivity index is 1.63. The van der Waals surface area contributed by atoms with Crippen LogP contribution in [0.3, 0.4) is 0 Å². The fourth-order valence-corrected chi connectivity index (χ4v) is 3.69. The van der Waals surface area contributed by atoms with Gasteiger partial charge in [-0.1, -0.05) is 44.2 Å². The SMILES string of the molecule is COc1ccc(CC[C@@]2(C)NC(=O)N(CC(=O)Nc3ccccc3C(C)C)C2=O)cc1. The highest BCUT2D eigenvalue weighted by Crippen LogP contribution is 2.26. The van der Waals surface area contributed by atoms with E-state index in [9.17, 15) is 14.4 Å². The fraction of sp³-hybridized carbons (Fsp3) is 0.375. The van der Waals surface area contributed by atoms with E-state index in [1.807, 2.05) is 62.4 Å². The van der Waals surface area contributed by atoms with E-state index in [2.05, 4.69) is 10.6 Å². The normalized spacial score (nSPS) is 18.3. The number of urea groups is 1. The van der Waals surface area contributed by atoms with Gasteiger partial charge >= 0.3 is 6.03 Å². The molecule has 0 aromatic heterocycles. The summed E-state index contributed by atoms with van der Waals surface area (Å²) in [4.78, 5) is 39.0. The first-order valence-electron chi connectivity index (χ1n) is 10.4. The summed E-state index contributed by atoms with van der Waals surface area (Å²) in [5.41, 5.74) is 1.67. The Morgan fingerprint density at radius 3 is 2.45 bits per heavy atom. The number of carbonyl (C=O) groups excluding carboxylic acids is 3. The van der Waals surface area contributed by atoms with Crippen LogP contribution in [0.1, 0.15) is 44.2 Å². The molecule has 0 saturated carbocycles. The zero-order chi connectivity index (χ0) is 22.6. The number of benzene rings is 2. The van der Waals surface area contributed by atoms with Crippen molar-refractivity contribution in [1.29, 1.82) is 0 Å². The molecule has 0 aliphatic carbocycles. The van der Waals surface area contributed by atoms with Crippen LogP contribution in [-0.4, -0.2) is 41.9 Å². The summed E-state index contributed by atoms with van der Waals surface area (Å²) in [6.07, 6.45) is 1.03. The highest BCUT2D eigenvalue weighted by atomic mass is 16.5. The van der Waals surface area contributed by atoms with Crippen LogP contribution in [0, 0.1) is 0 Å². The molecule has 1 fully saturated rings. The number of anilines is 1. The Kier molecular flexibility index (Phi) is 6.63. The molecule has 0 bridgehead atoms. The van der Waals surface area contributed by atoms with Gasteiger partial charge in [0.05, 0.1) is 7.11 Å². The highest BCUT2D eigenvalue weighted by Gasteiger charge is 2.47. The van der Waals surface area contributed by atoms with Gasteiger partial charge in [0.2, 0.25) is 5.91 Å². The van der Waals surface area contributed by atoms with Crippen molar-refractivity contribution < 1.29 is 19.1 Å². The minimum absolute atomic E-state index is 0.231. The molecular weight excluding hydrogens is 394 g/mol. The zero-order valence-electron chi connectivity index (χ0n) is 18.4. The van der Waals surface area contributed by atoms with Crippen molar-refractivity contribution >= 4 is 23.5 Å². The number of nitrogens with zero attached hydrogens (tertiary/aromatic N) is 1. The van der Waals surface area contributed by atoms with Gasteiger partial charge in [-0.15, -0.1) is 0 Å². The maximum atomic E-state index is 13.0. The molecule has 1 atom stereocenters. The van der Waals surface area contributed by atoms with E-state index >= 15 is 0 Å². The molecule has 3 rings (SSSR count).